The van der Waals surface area contributed by atoms with Crippen LogP contribution in [0.2, 0.25) is 0 Å². The lowest BCUT2D eigenvalue weighted by molar-refractivity contribution is -0.134. The van der Waals surface area contributed by atoms with Gasteiger partial charge in [0.1, 0.15) is 0 Å². The predicted molar refractivity (Wildman–Crippen MR) is 118 cm³/mol. The molecule has 0 amide bonds. The molecule has 3 heteroatoms. The Morgan fingerprint density at radius 3 is 2.59 bits per heavy atom. The molecule has 0 aromatic carbocycles. The summed E-state index contributed by atoms with van der Waals surface area (Å²) < 4.78 is 4.72. The third-order valence-corrected chi connectivity index (χ3v) is 8.77. The summed E-state index contributed by atoms with van der Waals surface area (Å²) in [5, 5.41) is 10.5. The lowest BCUT2D eigenvalue weighted by atomic mass is 9.49. The normalized spacial score (nSPS) is 43.4. The van der Waals surface area contributed by atoms with E-state index in [0.717, 1.165) is 48.9 Å². The van der Waals surface area contributed by atoms with Crippen LogP contribution in [0.15, 0.2) is 23.8 Å². The molecule has 0 aliphatic heterocycles. The number of esters is 1. The van der Waals surface area contributed by atoms with Crippen molar-refractivity contribution >= 4 is 5.97 Å². The maximum absolute atomic E-state index is 11.4. The van der Waals surface area contributed by atoms with Gasteiger partial charge in [-0.2, -0.15) is 0 Å². The van der Waals surface area contributed by atoms with E-state index in [2.05, 4.69) is 13.0 Å². The molecule has 7 atom stereocenters. The number of fused-ring (bicyclic) bond motifs is 5. The number of allylic oxidation sites excluding steroid dienone is 3. The zero-order chi connectivity index (χ0) is 21.2. The number of rotatable bonds is 3. The smallest absolute Gasteiger partial charge is 0.330 e. The van der Waals surface area contributed by atoms with E-state index in [1.54, 1.807) is 11.6 Å². The van der Waals surface area contributed by atoms with Gasteiger partial charge in [-0.25, -0.2) is 4.79 Å². The molecule has 4 rings (SSSR count). The average Bonchev–Trinajstić information content (AvgIpc) is 3.04. The number of methoxy groups -OCH3 is 1. The second-order valence-electron chi connectivity index (χ2n) is 10.2. The molecule has 0 aromatic heterocycles. The monoisotopic (exact) mass is 402 g/mol. The molecule has 164 valence electrons. The summed E-state index contributed by atoms with van der Waals surface area (Å²) in [5.74, 6) is 3.84. The Morgan fingerprint density at radius 2 is 1.86 bits per heavy atom. The minimum atomic E-state index is -0.425. The van der Waals surface area contributed by atoms with Crippen molar-refractivity contribution in [1.82, 2.24) is 0 Å². The molecule has 0 spiro atoms. The van der Waals surface area contributed by atoms with Crippen molar-refractivity contribution in [3.8, 4) is 0 Å². The van der Waals surface area contributed by atoms with Gasteiger partial charge in [-0.15, -0.1) is 0 Å². The van der Waals surface area contributed by atoms with Gasteiger partial charge in [-0.05, 0) is 99.7 Å². The van der Waals surface area contributed by atoms with Crippen molar-refractivity contribution in [2.75, 3.05) is 7.11 Å². The Balaban J connectivity index is 0.00000117. The second-order valence-corrected chi connectivity index (χ2v) is 10.2. The largest absolute Gasteiger partial charge is 0.466 e. The Hall–Kier alpha value is -1.09. The standard InChI is InChI=1S/C24H36O3.C2H6/c1-23(26)13-11-18-16(15-23)7-9-20-19(18)12-14-24(2)17(8-10-21(20)24)5-4-6-22(25)27-3;1-2/h4,6,8,16,18-21,26H,5,7,9-15H2,1-3H3;1-2H3/b6-4+;/t16?,18?,19?,20?,21?,23-,24?;/m0./s1. The highest BCUT2D eigenvalue weighted by molar-refractivity contribution is 5.81. The Bertz CT molecular complexity index is 646. The summed E-state index contributed by atoms with van der Waals surface area (Å²) in [6.07, 6.45) is 16.7. The first kappa shape index (κ1) is 22.6. The number of ether oxygens (including phenoxy) is 1. The number of carbonyl (C=O) groups is 1. The molecule has 6 unspecified atom stereocenters. The molecule has 0 bridgehead atoms. The zero-order valence-corrected chi connectivity index (χ0v) is 19.2. The molecule has 0 aromatic rings. The molecular weight excluding hydrogens is 360 g/mol. The highest BCUT2D eigenvalue weighted by atomic mass is 16.5. The van der Waals surface area contributed by atoms with Crippen LogP contribution in [0.3, 0.4) is 0 Å². The van der Waals surface area contributed by atoms with Gasteiger partial charge in [0.2, 0.25) is 0 Å². The van der Waals surface area contributed by atoms with Crippen LogP contribution in [-0.4, -0.2) is 23.8 Å². The lowest BCUT2D eigenvalue weighted by Crippen LogP contribution is -2.50. The van der Waals surface area contributed by atoms with Gasteiger partial charge in [-0.3, -0.25) is 0 Å². The first-order chi connectivity index (χ1) is 13.8. The molecule has 1 N–H and O–H groups in total. The third kappa shape index (κ3) is 4.36. The van der Waals surface area contributed by atoms with Gasteiger partial charge in [0.25, 0.3) is 0 Å². The first-order valence-electron chi connectivity index (χ1n) is 12.0. The molecule has 0 radical (unpaired) electrons. The number of aliphatic hydroxyl groups is 1. The van der Waals surface area contributed by atoms with Crippen molar-refractivity contribution in [1.29, 1.82) is 0 Å². The molecule has 0 heterocycles. The van der Waals surface area contributed by atoms with Crippen LogP contribution in [0.1, 0.15) is 85.5 Å². The minimum Gasteiger partial charge on any atom is -0.466 e. The van der Waals surface area contributed by atoms with Gasteiger partial charge < -0.3 is 9.84 Å². The summed E-state index contributed by atoms with van der Waals surface area (Å²) >= 11 is 0. The highest BCUT2D eigenvalue weighted by Crippen LogP contribution is 2.63. The van der Waals surface area contributed by atoms with Crippen LogP contribution in [0, 0.1) is 35.0 Å². The van der Waals surface area contributed by atoms with E-state index in [0.29, 0.717) is 5.41 Å². The van der Waals surface area contributed by atoms with Crippen LogP contribution in [0.25, 0.3) is 0 Å². The number of carbonyl (C=O) groups excluding carboxylic acids is 1. The van der Waals surface area contributed by atoms with E-state index in [9.17, 15) is 9.90 Å². The van der Waals surface area contributed by atoms with E-state index in [-0.39, 0.29) is 5.97 Å². The molecule has 0 saturated heterocycles. The predicted octanol–water partition coefficient (Wildman–Crippen LogP) is 6.07. The zero-order valence-electron chi connectivity index (χ0n) is 19.2. The van der Waals surface area contributed by atoms with Gasteiger partial charge in [0, 0.05) is 6.08 Å². The van der Waals surface area contributed by atoms with Crippen LogP contribution in [0.5, 0.6) is 0 Å². The third-order valence-electron chi connectivity index (χ3n) is 8.77. The van der Waals surface area contributed by atoms with E-state index < -0.39 is 5.60 Å². The van der Waals surface area contributed by atoms with Gasteiger partial charge in [0.05, 0.1) is 12.7 Å². The van der Waals surface area contributed by atoms with Crippen LogP contribution < -0.4 is 0 Å². The van der Waals surface area contributed by atoms with E-state index >= 15 is 0 Å². The molecule has 4 aliphatic carbocycles. The fourth-order valence-electron chi connectivity index (χ4n) is 7.40. The van der Waals surface area contributed by atoms with Crippen LogP contribution >= 0.6 is 0 Å². The molecular formula is C26H42O3. The van der Waals surface area contributed by atoms with Crippen LogP contribution in [0.4, 0.5) is 0 Å². The van der Waals surface area contributed by atoms with Crippen molar-refractivity contribution < 1.29 is 14.6 Å². The quantitative estimate of drug-likeness (QED) is 0.354. The summed E-state index contributed by atoms with van der Waals surface area (Å²) in [7, 11) is 1.43. The van der Waals surface area contributed by atoms with E-state index in [1.807, 2.05) is 26.8 Å². The highest BCUT2D eigenvalue weighted by Gasteiger charge is 2.55. The summed E-state index contributed by atoms with van der Waals surface area (Å²) in [6.45, 7) is 8.53. The van der Waals surface area contributed by atoms with Gasteiger partial charge >= 0.3 is 5.97 Å². The lowest BCUT2D eigenvalue weighted by Gasteiger charge is -2.56. The fraction of sp³-hybridized carbons (Fsp3) is 0.808. The number of hydrogen-bond acceptors (Lipinski definition) is 3. The summed E-state index contributed by atoms with van der Waals surface area (Å²) in [6, 6.07) is 0. The Labute approximate surface area is 178 Å². The fourth-order valence-corrected chi connectivity index (χ4v) is 7.40. The van der Waals surface area contributed by atoms with Crippen LogP contribution in [-0.2, 0) is 9.53 Å². The SMILES string of the molecule is CC.COC(=O)/C=C/CC1=CCC2C3CCC4C[C@@](C)(O)CCC4C3CCC12C. The number of hydrogen-bond donors (Lipinski definition) is 1. The Morgan fingerprint density at radius 1 is 1.14 bits per heavy atom. The first-order valence-corrected chi connectivity index (χ1v) is 12.0. The second kappa shape index (κ2) is 8.96. The average molecular weight is 403 g/mol. The maximum Gasteiger partial charge on any atom is 0.330 e. The van der Waals surface area contributed by atoms with Crippen molar-refractivity contribution in [2.45, 2.75) is 91.1 Å². The summed E-state index contributed by atoms with van der Waals surface area (Å²) in [4.78, 5) is 11.4. The molecule has 4 aliphatic rings. The van der Waals surface area contributed by atoms with E-state index in [1.165, 1.54) is 45.6 Å². The van der Waals surface area contributed by atoms with Gasteiger partial charge in [-0.1, -0.05) is 38.5 Å². The maximum atomic E-state index is 11.4. The topological polar surface area (TPSA) is 46.5 Å². The molecule has 3 nitrogen and oxygen atoms in total. The minimum absolute atomic E-state index is 0.259. The molecule has 3 fully saturated rings. The van der Waals surface area contributed by atoms with E-state index in [4.69, 9.17) is 4.74 Å². The Kier molecular flexibility index (Phi) is 6.98. The summed E-state index contributed by atoms with van der Waals surface area (Å²) in [5.41, 5.74) is 1.43. The van der Waals surface area contributed by atoms with Crippen molar-refractivity contribution in [2.24, 2.45) is 35.0 Å². The van der Waals surface area contributed by atoms with Crippen molar-refractivity contribution in [3.63, 3.8) is 0 Å². The molecule has 3 saturated carbocycles. The van der Waals surface area contributed by atoms with Crippen molar-refractivity contribution in [3.05, 3.63) is 23.8 Å². The molecule has 29 heavy (non-hydrogen) atoms. The van der Waals surface area contributed by atoms with Gasteiger partial charge in [0.15, 0.2) is 0 Å².